The van der Waals surface area contributed by atoms with Gasteiger partial charge in [0, 0.05) is 0 Å². The molecular weight excluding hydrogens is 246 g/mol. The van der Waals surface area contributed by atoms with Gasteiger partial charge in [0.25, 0.3) is 0 Å². The predicted molar refractivity (Wildman–Crippen MR) is 84.7 cm³/mol. The minimum Gasteiger partial charge on any atom is -0.494 e. The van der Waals surface area contributed by atoms with Crippen molar-refractivity contribution >= 4 is 0 Å². The fourth-order valence-electron chi connectivity index (χ4n) is 2.92. The highest BCUT2D eigenvalue weighted by Gasteiger charge is 2.12. The highest BCUT2D eigenvalue weighted by molar-refractivity contribution is 5.28. The molecule has 0 radical (unpaired) electrons. The van der Waals surface area contributed by atoms with Gasteiger partial charge in [-0.3, -0.25) is 0 Å². The van der Waals surface area contributed by atoms with Gasteiger partial charge < -0.3 is 9.64 Å². The Labute approximate surface area is 124 Å². The molecule has 1 aliphatic rings. The molecule has 1 aromatic carbocycles. The second-order valence-electron chi connectivity index (χ2n) is 6.34. The third-order valence-corrected chi connectivity index (χ3v) is 4.30. The topological polar surface area (TPSA) is 13.7 Å². The highest BCUT2D eigenvalue weighted by atomic mass is 16.5. The Morgan fingerprint density at radius 3 is 2.35 bits per heavy atom. The van der Waals surface area contributed by atoms with E-state index in [-0.39, 0.29) is 0 Å². The normalized spacial score (nSPS) is 16.6. The fraction of sp³-hybridized carbons (Fsp3) is 0.667. The molecule has 1 fully saturated rings. The van der Waals surface area contributed by atoms with Crippen LogP contribution in [0.25, 0.3) is 0 Å². The van der Waals surface area contributed by atoms with Crippen LogP contribution in [0.4, 0.5) is 0 Å². The SMILES string of the molecule is CC(C)c1ccc(OCCCC[NH+]2CCCCC2)cc1. The van der Waals surface area contributed by atoms with E-state index in [1.54, 1.807) is 4.90 Å². The molecule has 2 heteroatoms. The van der Waals surface area contributed by atoms with Crippen LogP contribution in [0.1, 0.15) is 57.4 Å². The summed E-state index contributed by atoms with van der Waals surface area (Å²) in [6, 6.07) is 8.56. The summed E-state index contributed by atoms with van der Waals surface area (Å²) >= 11 is 0. The molecule has 1 aromatic rings. The Morgan fingerprint density at radius 2 is 1.70 bits per heavy atom. The molecule has 1 N–H and O–H groups in total. The predicted octanol–water partition coefficient (Wildman–Crippen LogP) is 3.04. The van der Waals surface area contributed by atoms with Crippen LogP contribution >= 0.6 is 0 Å². The maximum atomic E-state index is 5.82. The lowest BCUT2D eigenvalue weighted by Crippen LogP contribution is -3.12. The Hall–Kier alpha value is -1.02. The molecule has 0 aromatic heterocycles. The van der Waals surface area contributed by atoms with Gasteiger partial charge in [0.05, 0.1) is 26.2 Å². The Bertz CT molecular complexity index is 366. The van der Waals surface area contributed by atoms with Crippen molar-refractivity contribution in [1.29, 1.82) is 0 Å². The van der Waals surface area contributed by atoms with Gasteiger partial charge >= 0.3 is 0 Å². The maximum absolute atomic E-state index is 5.82. The van der Waals surface area contributed by atoms with Gasteiger partial charge in [-0.05, 0) is 55.7 Å². The van der Waals surface area contributed by atoms with Crippen LogP contribution in [0.5, 0.6) is 5.75 Å². The van der Waals surface area contributed by atoms with Gasteiger partial charge in [-0.1, -0.05) is 26.0 Å². The maximum Gasteiger partial charge on any atom is 0.119 e. The number of unbranched alkanes of at least 4 members (excludes halogenated alkanes) is 1. The van der Waals surface area contributed by atoms with E-state index in [4.69, 9.17) is 4.74 Å². The summed E-state index contributed by atoms with van der Waals surface area (Å²) in [5, 5.41) is 0. The molecule has 1 aliphatic heterocycles. The lowest BCUT2D eigenvalue weighted by Gasteiger charge is -2.23. The van der Waals surface area contributed by atoms with Crippen molar-refractivity contribution in [3.8, 4) is 5.75 Å². The smallest absolute Gasteiger partial charge is 0.119 e. The Balaban J connectivity index is 1.58. The molecular formula is C18H30NO+. The van der Waals surface area contributed by atoms with Crippen molar-refractivity contribution in [3.05, 3.63) is 29.8 Å². The summed E-state index contributed by atoms with van der Waals surface area (Å²) in [4.78, 5) is 1.80. The average Bonchev–Trinajstić information content (AvgIpc) is 2.48. The molecule has 0 saturated carbocycles. The molecule has 1 saturated heterocycles. The Kier molecular flexibility index (Phi) is 6.38. The van der Waals surface area contributed by atoms with Gasteiger partial charge in [-0.2, -0.15) is 0 Å². The second kappa shape index (κ2) is 8.31. The van der Waals surface area contributed by atoms with Crippen molar-refractivity contribution < 1.29 is 9.64 Å². The number of likely N-dealkylation sites (tertiary alicyclic amines) is 1. The van der Waals surface area contributed by atoms with E-state index >= 15 is 0 Å². The number of hydrogen-bond donors (Lipinski definition) is 1. The zero-order chi connectivity index (χ0) is 14.2. The van der Waals surface area contributed by atoms with Crippen molar-refractivity contribution in [2.75, 3.05) is 26.2 Å². The standard InChI is InChI=1S/C18H29NO/c1-16(2)17-8-10-18(11-9-17)20-15-7-6-14-19-12-4-3-5-13-19/h8-11,16H,3-7,12-15H2,1-2H3/p+1. The molecule has 2 rings (SSSR count). The fourth-order valence-corrected chi connectivity index (χ4v) is 2.92. The molecule has 20 heavy (non-hydrogen) atoms. The Morgan fingerprint density at radius 1 is 1.00 bits per heavy atom. The van der Waals surface area contributed by atoms with E-state index in [0.717, 1.165) is 12.4 Å². The van der Waals surface area contributed by atoms with Gasteiger partial charge in [0.1, 0.15) is 5.75 Å². The van der Waals surface area contributed by atoms with E-state index in [2.05, 4.69) is 38.1 Å². The number of ether oxygens (including phenoxy) is 1. The minimum absolute atomic E-state index is 0.594. The zero-order valence-electron chi connectivity index (χ0n) is 13.2. The van der Waals surface area contributed by atoms with E-state index in [1.807, 2.05) is 0 Å². The van der Waals surface area contributed by atoms with Crippen LogP contribution < -0.4 is 9.64 Å². The first-order valence-corrected chi connectivity index (χ1v) is 8.32. The lowest BCUT2D eigenvalue weighted by atomic mass is 10.0. The number of piperidine rings is 1. The molecule has 0 spiro atoms. The van der Waals surface area contributed by atoms with E-state index in [1.165, 1.54) is 57.3 Å². The van der Waals surface area contributed by atoms with E-state index in [9.17, 15) is 0 Å². The highest BCUT2D eigenvalue weighted by Crippen LogP contribution is 2.18. The van der Waals surface area contributed by atoms with Crippen LogP contribution in [-0.4, -0.2) is 26.2 Å². The lowest BCUT2D eigenvalue weighted by molar-refractivity contribution is -0.905. The van der Waals surface area contributed by atoms with Crippen LogP contribution in [0.15, 0.2) is 24.3 Å². The first-order chi connectivity index (χ1) is 9.75. The summed E-state index contributed by atoms with van der Waals surface area (Å²) in [7, 11) is 0. The van der Waals surface area contributed by atoms with Gasteiger partial charge in [0.15, 0.2) is 0 Å². The van der Waals surface area contributed by atoms with Crippen LogP contribution in [0, 0.1) is 0 Å². The van der Waals surface area contributed by atoms with Crippen LogP contribution in [0.2, 0.25) is 0 Å². The van der Waals surface area contributed by atoms with Crippen molar-refractivity contribution in [1.82, 2.24) is 0 Å². The second-order valence-corrected chi connectivity index (χ2v) is 6.34. The summed E-state index contributed by atoms with van der Waals surface area (Å²) in [6.07, 6.45) is 6.76. The number of nitrogens with one attached hydrogen (secondary N) is 1. The monoisotopic (exact) mass is 276 g/mol. The third-order valence-electron chi connectivity index (χ3n) is 4.30. The molecule has 0 bridgehead atoms. The van der Waals surface area contributed by atoms with Crippen molar-refractivity contribution in [2.24, 2.45) is 0 Å². The summed E-state index contributed by atoms with van der Waals surface area (Å²) < 4.78 is 5.82. The van der Waals surface area contributed by atoms with E-state index in [0.29, 0.717) is 5.92 Å². The molecule has 112 valence electrons. The largest absolute Gasteiger partial charge is 0.494 e. The molecule has 2 nitrogen and oxygen atoms in total. The minimum atomic E-state index is 0.594. The van der Waals surface area contributed by atoms with Crippen LogP contribution in [0.3, 0.4) is 0 Å². The first kappa shape index (κ1) is 15.4. The summed E-state index contributed by atoms with van der Waals surface area (Å²) in [5.74, 6) is 1.61. The molecule has 1 heterocycles. The first-order valence-electron chi connectivity index (χ1n) is 8.32. The molecule has 0 aliphatic carbocycles. The van der Waals surface area contributed by atoms with Gasteiger partial charge in [-0.15, -0.1) is 0 Å². The van der Waals surface area contributed by atoms with Crippen LogP contribution in [-0.2, 0) is 0 Å². The number of benzene rings is 1. The van der Waals surface area contributed by atoms with E-state index < -0.39 is 0 Å². The van der Waals surface area contributed by atoms with Crippen molar-refractivity contribution in [2.45, 2.75) is 51.9 Å². The molecule has 0 atom stereocenters. The number of quaternary nitrogens is 1. The van der Waals surface area contributed by atoms with Gasteiger partial charge in [0.2, 0.25) is 0 Å². The number of rotatable bonds is 7. The summed E-state index contributed by atoms with van der Waals surface area (Å²) in [6.45, 7) is 9.40. The van der Waals surface area contributed by atoms with Crippen molar-refractivity contribution in [3.63, 3.8) is 0 Å². The third kappa shape index (κ3) is 5.16. The average molecular weight is 276 g/mol. The molecule has 0 unspecified atom stereocenters. The van der Waals surface area contributed by atoms with Gasteiger partial charge in [-0.25, -0.2) is 0 Å². The summed E-state index contributed by atoms with van der Waals surface area (Å²) in [5.41, 5.74) is 1.38. The molecule has 0 amide bonds. The number of hydrogen-bond acceptors (Lipinski definition) is 1. The quantitative estimate of drug-likeness (QED) is 0.756. The zero-order valence-corrected chi connectivity index (χ0v) is 13.2.